The number of nitrogens with two attached hydrogens (primary N) is 1. The van der Waals surface area contributed by atoms with Crippen LogP contribution in [0.1, 0.15) is 43.6 Å². The van der Waals surface area contributed by atoms with E-state index in [-0.39, 0.29) is 17.5 Å². The predicted molar refractivity (Wildman–Crippen MR) is 94.9 cm³/mol. The molecule has 1 aromatic carbocycles. The van der Waals surface area contributed by atoms with Gasteiger partial charge in [-0.3, -0.25) is 4.79 Å². The van der Waals surface area contributed by atoms with Gasteiger partial charge in [-0.05, 0) is 31.5 Å². The van der Waals surface area contributed by atoms with Crippen molar-refractivity contribution in [1.82, 2.24) is 15.3 Å². The second-order valence-corrected chi connectivity index (χ2v) is 5.44. The van der Waals surface area contributed by atoms with Crippen molar-refractivity contribution in [2.24, 2.45) is 0 Å². The molecule has 0 radical (unpaired) electrons. The van der Waals surface area contributed by atoms with Crippen LogP contribution in [-0.2, 0) is 0 Å². The largest absolute Gasteiger partial charge is 0.494 e. The van der Waals surface area contributed by atoms with Gasteiger partial charge in [0.25, 0.3) is 5.91 Å². The average Bonchev–Trinajstić information content (AvgIpc) is 2.59. The van der Waals surface area contributed by atoms with Crippen LogP contribution in [-0.4, -0.2) is 29.0 Å². The molecule has 128 valence electrons. The van der Waals surface area contributed by atoms with E-state index in [1.807, 2.05) is 31.2 Å². The summed E-state index contributed by atoms with van der Waals surface area (Å²) in [6, 6.07) is 9.24. The number of unbranched alkanes of at least 4 members (excludes halogenated alkanes) is 2. The van der Waals surface area contributed by atoms with E-state index in [4.69, 9.17) is 10.5 Å². The molecule has 2 rings (SSSR count). The van der Waals surface area contributed by atoms with Crippen molar-refractivity contribution in [3.63, 3.8) is 0 Å². The van der Waals surface area contributed by atoms with Crippen LogP contribution in [0, 0.1) is 0 Å². The minimum absolute atomic E-state index is 0.0722. The zero-order valence-electron chi connectivity index (χ0n) is 14.2. The fraction of sp³-hybridized carbons (Fsp3) is 0.389. The quantitative estimate of drug-likeness (QED) is 0.727. The minimum atomic E-state index is -0.264. The van der Waals surface area contributed by atoms with Gasteiger partial charge in [-0.15, -0.1) is 0 Å². The molecule has 0 saturated heterocycles. The molecule has 6 heteroatoms. The summed E-state index contributed by atoms with van der Waals surface area (Å²) in [5.41, 5.74) is 7.44. The summed E-state index contributed by atoms with van der Waals surface area (Å²) in [7, 11) is 0. The Bertz CT molecular complexity index is 688. The summed E-state index contributed by atoms with van der Waals surface area (Å²) in [5.74, 6) is 0.586. The highest BCUT2D eigenvalue weighted by molar-refractivity contribution is 5.93. The number of hydrogen-bond donors (Lipinski definition) is 2. The molecule has 1 aromatic heterocycles. The van der Waals surface area contributed by atoms with E-state index in [1.54, 1.807) is 6.07 Å². The molecular formula is C18H24N4O2. The van der Waals surface area contributed by atoms with Gasteiger partial charge in [0, 0.05) is 12.1 Å². The molecule has 0 atom stereocenters. The van der Waals surface area contributed by atoms with Crippen LogP contribution in [0.15, 0.2) is 30.3 Å². The van der Waals surface area contributed by atoms with Gasteiger partial charge in [0.1, 0.15) is 11.4 Å². The van der Waals surface area contributed by atoms with Crippen molar-refractivity contribution < 1.29 is 9.53 Å². The van der Waals surface area contributed by atoms with E-state index in [2.05, 4.69) is 22.2 Å². The lowest BCUT2D eigenvalue weighted by molar-refractivity contribution is 0.0951. The lowest BCUT2D eigenvalue weighted by atomic mass is 10.1. The molecule has 0 fully saturated rings. The molecule has 0 aliphatic heterocycles. The number of ether oxygens (including phenoxy) is 1. The molecule has 0 saturated carbocycles. The Labute approximate surface area is 142 Å². The fourth-order valence-corrected chi connectivity index (χ4v) is 2.27. The zero-order chi connectivity index (χ0) is 17.4. The SMILES string of the molecule is CCCCCOc1cccc(-c2cc(C(=O)NCC)nc(N)n2)c1. The Balaban J connectivity index is 2.20. The minimum Gasteiger partial charge on any atom is -0.494 e. The van der Waals surface area contributed by atoms with E-state index in [0.29, 0.717) is 18.8 Å². The van der Waals surface area contributed by atoms with Crippen molar-refractivity contribution in [2.75, 3.05) is 18.9 Å². The highest BCUT2D eigenvalue weighted by atomic mass is 16.5. The molecule has 0 aliphatic carbocycles. The highest BCUT2D eigenvalue weighted by Crippen LogP contribution is 2.23. The number of rotatable bonds is 8. The average molecular weight is 328 g/mol. The zero-order valence-corrected chi connectivity index (χ0v) is 14.2. The van der Waals surface area contributed by atoms with E-state index in [1.165, 1.54) is 0 Å². The molecule has 0 aliphatic rings. The summed E-state index contributed by atoms with van der Waals surface area (Å²) in [4.78, 5) is 20.2. The first-order valence-electron chi connectivity index (χ1n) is 8.30. The van der Waals surface area contributed by atoms with Gasteiger partial charge in [-0.2, -0.15) is 0 Å². The van der Waals surface area contributed by atoms with Crippen LogP contribution in [0.5, 0.6) is 5.75 Å². The highest BCUT2D eigenvalue weighted by Gasteiger charge is 2.11. The van der Waals surface area contributed by atoms with E-state index < -0.39 is 0 Å². The second-order valence-electron chi connectivity index (χ2n) is 5.44. The van der Waals surface area contributed by atoms with Crippen molar-refractivity contribution in [3.05, 3.63) is 36.0 Å². The smallest absolute Gasteiger partial charge is 0.270 e. The van der Waals surface area contributed by atoms with Gasteiger partial charge >= 0.3 is 0 Å². The molecular weight excluding hydrogens is 304 g/mol. The summed E-state index contributed by atoms with van der Waals surface area (Å²) >= 11 is 0. The molecule has 0 bridgehead atoms. The molecule has 0 spiro atoms. The first kappa shape index (κ1) is 17.7. The van der Waals surface area contributed by atoms with Crippen LogP contribution in [0.3, 0.4) is 0 Å². The number of carbonyl (C=O) groups excluding carboxylic acids is 1. The lowest BCUT2D eigenvalue weighted by Gasteiger charge is -2.09. The molecule has 0 unspecified atom stereocenters. The lowest BCUT2D eigenvalue weighted by Crippen LogP contribution is -2.24. The van der Waals surface area contributed by atoms with Gasteiger partial charge in [-0.25, -0.2) is 9.97 Å². The van der Waals surface area contributed by atoms with Gasteiger partial charge in [0.05, 0.1) is 12.3 Å². The molecule has 6 nitrogen and oxygen atoms in total. The molecule has 2 aromatic rings. The van der Waals surface area contributed by atoms with Crippen LogP contribution in [0.4, 0.5) is 5.95 Å². The fourth-order valence-electron chi connectivity index (χ4n) is 2.27. The normalized spacial score (nSPS) is 10.4. The molecule has 1 amide bonds. The third-order valence-corrected chi connectivity index (χ3v) is 3.46. The van der Waals surface area contributed by atoms with Crippen LogP contribution in [0.2, 0.25) is 0 Å². The summed E-state index contributed by atoms with van der Waals surface area (Å²) in [6.07, 6.45) is 3.34. The second kappa shape index (κ2) is 8.86. The Morgan fingerprint density at radius 3 is 2.79 bits per heavy atom. The number of nitrogens with zero attached hydrogens (tertiary/aromatic N) is 2. The van der Waals surface area contributed by atoms with Crippen molar-refractivity contribution >= 4 is 11.9 Å². The van der Waals surface area contributed by atoms with Crippen molar-refractivity contribution in [2.45, 2.75) is 33.1 Å². The standard InChI is InChI=1S/C18H24N4O2/c1-3-5-6-10-24-14-9-7-8-13(11-14)15-12-16(17(23)20-4-2)22-18(19)21-15/h7-9,11-12H,3-6,10H2,1-2H3,(H,20,23)(H2,19,21,22). The Hall–Kier alpha value is -2.63. The third kappa shape index (κ3) is 4.94. The number of nitrogens with one attached hydrogen (secondary N) is 1. The summed E-state index contributed by atoms with van der Waals surface area (Å²) in [6.45, 7) is 5.22. The summed E-state index contributed by atoms with van der Waals surface area (Å²) in [5, 5.41) is 2.71. The van der Waals surface area contributed by atoms with Crippen LogP contribution in [0.25, 0.3) is 11.3 Å². The maximum absolute atomic E-state index is 12.0. The number of anilines is 1. The summed E-state index contributed by atoms with van der Waals surface area (Å²) < 4.78 is 5.76. The van der Waals surface area contributed by atoms with Crippen molar-refractivity contribution in [1.29, 1.82) is 0 Å². The first-order chi connectivity index (χ1) is 11.6. The Morgan fingerprint density at radius 1 is 1.21 bits per heavy atom. The number of hydrogen-bond acceptors (Lipinski definition) is 5. The third-order valence-electron chi connectivity index (χ3n) is 3.46. The number of carbonyl (C=O) groups is 1. The van der Waals surface area contributed by atoms with E-state index in [9.17, 15) is 4.79 Å². The monoisotopic (exact) mass is 328 g/mol. The topological polar surface area (TPSA) is 90.1 Å². The number of benzene rings is 1. The molecule has 24 heavy (non-hydrogen) atoms. The first-order valence-corrected chi connectivity index (χ1v) is 8.30. The maximum Gasteiger partial charge on any atom is 0.270 e. The molecule has 3 N–H and O–H groups in total. The Kier molecular flexibility index (Phi) is 6.54. The number of nitrogen functional groups attached to an aromatic ring is 1. The Morgan fingerprint density at radius 2 is 2.04 bits per heavy atom. The van der Waals surface area contributed by atoms with E-state index in [0.717, 1.165) is 30.6 Å². The van der Waals surface area contributed by atoms with Crippen LogP contribution >= 0.6 is 0 Å². The van der Waals surface area contributed by atoms with Gasteiger partial charge in [-0.1, -0.05) is 31.9 Å². The number of aromatic nitrogens is 2. The predicted octanol–water partition coefficient (Wildman–Crippen LogP) is 3.04. The van der Waals surface area contributed by atoms with Gasteiger partial charge in [0.15, 0.2) is 0 Å². The molecule has 1 heterocycles. The maximum atomic E-state index is 12.0. The number of amides is 1. The van der Waals surface area contributed by atoms with E-state index >= 15 is 0 Å². The van der Waals surface area contributed by atoms with Gasteiger partial charge < -0.3 is 15.8 Å². The van der Waals surface area contributed by atoms with Gasteiger partial charge in [0.2, 0.25) is 5.95 Å². The van der Waals surface area contributed by atoms with Crippen molar-refractivity contribution in [3.8, 4) is 17.0 Å². The van der Waals surface area contributed by atoms with Crippen LogP contribution < -0.4 is 15.8 Å².